The van der Waals surface area contributed by atoms with Crippen LogP contribution in [0.25, 0.3) is 67.1 Å². The monoisotopic (exact) mass is 1390 g/mol. The summed E-state index contributed by atoms with van der Waals surface area (Å²) in [6, 6.07) is 36.0. The summed E-state index contributed by atoms with van der Waals surface area (Å²) in [5.74, 6) is 3.43. The fourth-order valence-corrected chi connectivity index (χ4v) is 14.0. The van der Waals surface area contributed by atoms with Crippen molar-refractivity contribution >= 4 is 67.9 Å². The van der Waals surface area contributed by atoms with Crippen molar-refractivity contribution in [2.75, 3.05) is 88.8 Å². The number of halogens is 1. The number of aromatic nitrogens is 12. The number of H-pyrrole nitrogens is 2. The predicted molar refractivity (Wildman–Crippen MR) is 389 cm³/mol. The number of rotatable bonds is 23. The lowest BCUT2D eigenvalue weighted by Crippen LogP contribution is -2.45. The van der Waals surface area contributed by atoms with Gasteiger partial charge in [0.25, 0.3) is 0 Å². The first-order valence-corrected chi connectivity index (χ1v) is 35.2. The number of hydrogen-bond donors (Lipinski definition) is 3. The van der Waals surface area contributed by atoms with Crippen molar-refractivity contribution in [2.45, 2.75) is 102 Å². The van der Waals surface area contributed by atoms with Gasteiger partial charge in [0.2, 0.25) is 11.8 Å². The van der Waals surface area contributed by atoms with E-state index in [1.54, 1.807) is 48.6 Å². The molecule has 0 amide bonds. The van der Waals surface area contributed by atoms with Crippen molar-refractivity contribution in [3.05, 3.63) is 145 Å². The highest BCUT2D eigenvalue weighted by Crippen LogP contribution is 2.35. The van der Waals surface area contributed by atoms with Gasteiger partial charge in [-0.25, -0.2) is 19.9 Å². The zero-order valence-electron chi connectivity index (χ0n) is 58.7. The topological polar surface area (TPSA) is 272 Å². The third-order valence-corrected chi connectivity index (χ3v) is 19.8. The molecule has 4 aromatic carbocycles. The minimum Gasteiger partial charge on any atom is -0.475 e. The SMILES string of the molecule is CO[C@@]1(C(=O)Cc2ccc3[nH]nc(-c4ccc(OC(C)C)nc4)c3c2)CCN(CC(=O)C2CCN(c3ccc(-c4ncn(C)n4)cc3)CC2)C1.CO[C@@]1(C(=O)Cc2ccc3[nH]nc(-c4ccc(OC(C)C)nc4)c3c2)CCNC1.Cn1cnc(-c2ccc(N3CCC(C(=O)CCl)CC3)cc2)n1. The quantitative estimate of drug-likeness (QED) is 0.0502. The van der Waals surface area contributed by atoms with Gasteiger partial charge in [0.05, 0.1) is 35.7 Å². The minimum atomic E-state index is -0.940. The number of ketones is 4. The summed E-state index contributed by atoms with van der Waals surface area (Å²) in [6.07, 6.45) is 12.2. The number of pyridine rings is 2. The normalized spacial score (nSPS) is 18.2. The van der Waals surface area contributed by atoms with Gasteiger partial charge in [-0.1, -0.05) is 12.1 Å². The Kier molecular flexibility index (Phi) is 22.5. The van der Waals surface area contributed by atoms with Crippen molar-refractivity contribution in [1.29, 1.82) is 0 Å². The number of benzene rings is 4. The van der Waals surface area contributed by atoms with E-state index in [0.29, 0.717) is 63.0 Å². The van der Waals surface area contributed by atoms with Gasteiger partial charge in [0.15, 0.2) is 29.0 Å². The number of alkyl halides is 1. The van der Waals surface area contributed by atoms with Crippen LogP contribution in [0.5, 0.6) is 11.8 Å². The molecule has 3 N–H and O–H groups in total. The number of ether oxygens (including phenoxy) is 4. The Labute approximate surface area is 592 Å². The summed E-state index contributed by atoms with van der Waals surface area (Å²) in [6.45, 7) is 14.1. The second-order valence-corrected chi connectivity index (χ2v) is 27.4. The smallest absolute Gasteiger partial charge is 0.213 e. The number of fused-ring (bicyclic) bond motifs is 2. The molecular formula is C76H89ClN16O8. The van der Waals surface area contributed by atoms with Crippen LogP contribution >= 0.6 is 11.6 Å². The van der Waals surface area contributed by atoms with E-state index in [-0.39, 0.29) is 59.5 Å². The Morgan fingerprint density at radius 1 is 0.554 bits per heavy atom. The predicted octanol–water partition coefficient (Wildman–Crippen LogP) is 10.3. The van der Waals surface area contributed by atoms with E-state index < -0.39 is 11.2 Å². The molecule has 24 nitrogen and oxygen atoms in total. The molecule has 4 saturated heterocycles. The molecule has 14 rings (SSSR count). The molecule has 25 heteroatoms. The van der Waals surface area contributed by atoms with Crippen LogP contribution in [0.15, 0.2) is 134 Å². The van der Waals surface area contributed by atoms with E-state index in [2.05, 4.69) is 94.8 Å². The molecule has 0 spiro atoms. The van der Waals surface area contributed by atoms with Crippen LogP contribution in [0.1, 0.15) is 77.3 Å². The Balaban J connectivity index is 0.000000159. The molecule has 528 valence electrons. The highest BCUT2D eigenvalue weighted by Gasteiger charge is 2.45. The number of nitrogens with one attached hydrogen (secondary N) is 3. The van der Waals surface area contributed by atoms with E-state index in [1.165, 1.54) is 5.69 Å². The standard InChI is InChI=1S/C38H44N8O4.C22H26N4O3.C16H19ClN4O/c1-25(2)50-35-12-8-29(21-39-35)36-31-19-26(5-11-32(31)41-42-36)20-34(48)38(49-4)15-18-45(23-38)22-33(47)27-13-16-46(17-14-27)30-9-6-28(7-10-30)37-40-24-44(3)43-37;1-14(2)29-20-7-5-16(12-24-20)21-17-10-15(4-6-18(17)25-26-21)11-19(27)22(28-3)8-9-23-13-22;1-20-11-18-16(19-20)13-2-4-14(5-3-13)21-8-6-12(7-9-21)15(22)10-17/h5-12,19,21,24-25,27H,13-18,20,22-23H2,1-4H3,(H,41,42);4-7,10,12,14,23H,8-9,11,13H2,1-3H3,(H,25,26);2-5,11-12H,6-10H2,1H3/t38-;22-;/m00./s1. The fraction of sp³-hybridized carbons (Fsp3) is 0.421. The summed E-state index contributed by atoms with van der Waals surface area (Å²) < 4.78 is 26.2. The Bertz CT molecular complexity index is 4450. The van der Waals surface area contributed by atoms with Crippen LogP contribution in [0, 0.1) is 11.8 Å². The number of likely N-dealkylation sites (tertiary alicyclic amines) is 1. The number of Topliss-reactive ketones (excluding diaryl/α,β-unsaturated/α-hetero) is 4. The van der Waals surface area contributed by atoms with Crippen LogP contribution in [-0.2, 0) is 55.6 Å². The molecule has 4 aliphatic rings. The first kappa shape index (κ1) is 71.2. The van der Waals surface area contributed by atoms with E-state index in [4.69, 9.17) is 30.5 Å². The van der Waals surface area contributed by atoms with Crippen LogP contribution in [0.3, 0.4) is 0 Å². The molecule has 6 aromatic heterocycles. The number of methoxy groups -OCH3 is 2. The summed E-state index contributed by atoms with van der Waals surface area (Å²) in [5, 5.41) is 28.9. The summed E-state index contributed by atoms with van der Waals surface area (Å²) >= 11 is 5.64. The van der Waals surface area contributed by atoms with Gasteiger partial charge in [-0.15, -0.1) is 11.6 Å². The maximum Gasteiger partial charge on any atom is 0.213 e. The van der Waals surface area contributed by atoms with Gasteiger partial charge in [-0.3, -0.25) is 43.6 Å². The summed E-state index contributed by atoms with van der Waals surface area (Å²) in [4.78, 5) is 76.0. The number of anilines is 2. The molecule has 2 atom stereocenters. The lowest BCUT2D eigenvalue weighted by atomic mass is 9.91. The lowest BCUT2D eigenvalue weighted by Gasteiger charge is -2.33. The highest BCUT2D eigenvalue weighted by atomic mass is 35.5. The maximum atomic E-state index is 13.8. The molecule has 10 heterocycles. The largest absolute Gasteiger partial charge is 0.475 e. The number of aromatic amines is 2. The lowest BCUT2D eigenvalue weighted by molar-refractivity contribution is -0.139. The first-order valence-electron chi connectivity index (χ1n) is 34.7. The van der Waals surface area contributed by atoms with Crippen molar-refractivity contribution in [3.63, 3.8) is 0 Å². The Morgan fingerprint density at radius 3 is 1.41 bits per heavy atom. The molecule has 4 aliphatic heterocycles. The number of carbonyl (C=O) groups excluding carboxylic acids is 4. The average molecular weight is 1390 g/mol. The highest BCUT2D eigenvalue weighted by molar-refractivity contribution is 6.27. The van der Waals surface area contributed by atoms with Crippen LogP contribution in [-0.4, -0.2) is 190 Å². The van der Waals surface area contributed by atoms with Crippen LogP contribution < -0.4 is 24.6 Å². The molecule has 0 radical (unpaired) electrons. The molecule has 101 heavy (non-hydrogen) atoms. The average Bonchev–Trinajstić information content (AvgIpc) is 1.67. The van der Waals surface area contributed by atoms with Crippen molar-refractivity contribution in [3.8, 4) is 57.1 Å². The van der Waals surface area contributed by atoms with Gasteiger partial charge < -0.3 is 34.1 Å². The van der Waals surface area contributed by atoms with Gasteiger partial charge in [-0.05, 0) is 169 Å². The Hall–Kier alpha value is -9.59. The maximum absolute atomic E-state index is 13.8. The van der Waals surface area contributed by atoms with E-state index in [0.717, 1.165) is 136 Å². The summed E-state index contributed by atoms with van der Waals surface area (Å²) in [5.41, 5.74) is 9.62. The van der Waals surface area contributed by atoms with Gasteiger partial charge in [-0.2, -0.15) is 20.4 Å². The van der Waals surface area contributed by atoms with E-state index in [1.807, 2.05) is 127 Å². The number of piperidine rings is 2. The fourth-order valence-electron chi connectivity index (χ4n) is 13.8. The molecule has 0 unspecified atom stereocenters. The summed E-state index contributed by atoms with van der Waals surface area (Å²) in [7, 11) is 6.94. The van der Waals surface area contributed by atoms with Crippen LogP contribution in [0.2, 0.25) is 0 Å². The Morgan fingerprint density at radius 2 is 1.01 bits per heavy atom. The molecule has 4 fully saturated rings. The third kappa shape index (κ3) is 16.9. The molecular weight excluding hydrogens is 1300 g/mol. The second-order valence-electron chi connectivity index (χ2n) is 27.2. The minimum absolute atomic E-state index is 0.0153. The van der Waals surface area contributed by atoms with Gasteiger partial charge in [0.1, 0.15) is 41.0 Å². The number of aryl methyl sites for hydroxylation is 2. The number of nitrogens with zero attached hydrogens (tertiary/aromatic N) is 13. The van der Waals surface area contributed by atoms with Gasteiger partial charge >= 0.3 is 0 Å². The van der Waals surface area contributed by atoms with Crippen molar-refractivity contribution in [2.24, 2.45) is 25.9 Å². The van der Waals surface area contributed by atoms with Gasteiger partial charge in [0, 0.05) is 168 Å². The zero-order chi connectivity index (χ0) is 70.8. The van der Waals surface area contributed by atoms with E-state index in [9.17, 15) is 19.2 Å². The third-order valence-electron chi connectivity index (χ3n) is 19.5. The van der Waals surface area contributed by atoms with Crippen molar-refractivity contribution in [1.82, 2.24) is 70.1 Å². The van der Waals surface area contributed by atoms with Crippen LogP contribution in [0.4, 0.5) is 11.4 Å². The zero-order valence-corrected chi connectivity index (χ0v) is 59.5. The molecule has 0 aliphatic carbocycles. The molecule has 10 aromatic rings. The van der Waals surface area contributed by atoms with Crippen molar-refractivity contribution < 1.29 is 38.1 Å². The molecule has 0 bridgehead atoms. The molecule has 0 saturated carbocycles. The number of carbonyl (C=O) groups is 4. The number of hydrogen-bond acceptors (Lipinski definition) is 20. The van der Waals surface area contributed by atoms with E-state index >= 15 is 0 Å². The first-order chi connectivity index (χ1) is 48.9. The second kappa shape index (κ2) is 31.9.